The first-order chi connectivity index (χ1) is 6.23. The third kappa shape index (κ3) is 1.65. The Morgan fingerprint density at radius 3 is 2.21 bits per heavy atom. The molecule has 2 fully saturated rings. The smallest absolute Gasteiger partial charge is 0.251 e. The summed E-state index contributed by atoms with van der Waals surface area (Å²) in [5.41, 5.74) is 4.82. The minimum atomic E-state index is -3.02. The second-order valence-corrected chi connectivity index (χ2v) is 6.77. The van der Waals surface area contributed by atoms with Crippen LogP contribution in [0.25, 0.3) is 0 Å². The Kier molecular flexibility index (Phi) is 1.96. The van der Waals surface area contributed by atoms with E-state index in [1.807, 2.05) is 0 Å². The first-order valence-electron chi connectivity index (χ1n) is 4.60. The molecule has 0 spiro atoms. The minimum absolute atomic E-state index is 0.0143. The molecule has 0 aromatic carbocycles. The minimum Gasteiger partial charge on any atom is -0.324 e. The highest BCUT2D eigenvalue weighted by Crippen LogP contribution is 2.50. The first kappa shape index (κ1) is 10.3. The molecule has 6 heteroatoms. The van der Waals surface area contributed by atoms with Gasteiger partial charge in [0.05, 0.1) is 11.5 Å². The van der Waals surface area contributed by atoms with Gasteiger partial charge in [-0.15, -0.1) is 0 Å². The Bertz CT molecular complexity index is 344. The Morgan fingerprint density at radius 1 is 1.29 bits per heavy atom. The van der Waals surface area contributed by atoms with Crippen LogP contribution in [0.2, 0.25) is 0 Å². The summed E-state index contributed by atoms with van der Waals surface area (Å²) in [5, 5.41) is 0. The molecule has 1 unspecified atom stereocenters. The Hall–Kier alpha value is -0.230. The number of hydrogen-bond acceptors (Lipinski definition) is 3. The molecule has 2 N–H and O–H groups in total. The van der Waals surface area contributed by atoms with Crippen LogP contribution in [0.5, 0.6) is 0 Å². The Labute approximate surface area is 81.6 Å². The number of alkyl halides is 2. The fourth-order valence-corrected chi connectivity index (χ4v) is 4.37. The largest absolute Gasteiger partial charge is 0.324 e. The van der Waals surface area contributed by atoms with Crippen molar-refractivity contribution in [3.8, 4) is 0 Å². The van der Waals surface area contributed by atoms with E-state index in [0.717, 1.165) is 0 Å². The molecule has 14 heavy (non-hydrogen) atoms. The van der Waals surface area contributed by atoms with Gasteiger partial charge in [0.2, 0.25) is 0 Å². The van der Waals surface area contributed by atoms with E-state index >= 15 is 0 Å². The van der Waals surface area contributed by atoms with Crippen LogP contribution in [0.1, 0.15) is 19.3 Å². The van der Waals surface area contributed by atoms with Crippen LogP contribution in [0.4, 0.5) is 8.78 Å². The normalized spacial score (nSPS) is 37.8. The van der Waals surface area contributed by atoms with Crippen molar-refractivity contribution in [3.63, 3.8) is 0 Å². The highest BCUT2D eigenvalue weighted by molar-refractivity contribution is 7.91. The number of sulfone groups is 1. The molecular weight excluding hydrogens is 212 g/mol. The van der Waals surface area contributed by atoms with Gasteiger partial charge >= 0.3 is 0 Å². The molecule has 0 radical (unpaired) electrons. The fourth-order valence-electron chi connectivity index (χ4n) is 2.45. The summed E-state index contributed by atoms with van der Waals surface area (Å²) in [7, 11) is -3.02. The average molecular weight is 225 g/mol. The van der Waals surface area contributed by atoms with Gasteiger partial charge in [-0.3, -0.25) is 0 Å². The standard InChI is InChI=1S/C8H13F2NO2S/c9-8(10)4-7(11,5-8)6-1-2-14(12,13)3-6/h6H,1-5,11H2. The molecule has 1 atom stereocenters. The Balaban J connectivity index is 2.05. The zero-order chi connectivity index (χ0) is 10.6. The van der Waals surface area contributed by atoms with E-state index in [1.54, 1.807) is 0 Å². The molecule has 2 rings (SSSR count). The maximum atomic E-state index is 12.7. The van der Waals surface area contributed by atoms with Gasteiger partial charge in [0.25, 0.3) is 5.92 Å². The lowest BCUT2D eigenvalue weighted by atomic mass is 9.66. The molecule has 0 amide bonds. The van der Waals surface area contributed by atoms with Gasteiger partial charge in [-0.25, -0.2) is 17.2 Å². The number of rotatable bonds is 1. The Morgan fingerprint density at radius 2 is 1.86 bits per heavy atom. The van der Waals surface area contributed by atoms with E-state index in [4.69, 9.17) is 5.73 Å². The summed E-state index contributed by atoms with van der Waals surface area (Å²) in [6.07, 6.45) is -0.282. The second kappa shape index (κ2) is 2.66. The summed E-state index contributed by atoms with van der Waals surface area (Å²) in [6.45, 7) is 0. The van der Waals surface area contributed by atoms with Crippen molar-refractivity contribution in [1.29, 1.82) is 0 Å². The quantitative estimate of drug-likeness (QED) is 0.709. The van der Waals surface area contributed by atoms with E-state index < -0.39 is 21.3 Å². The third-order valence-corrected chi connectivity index (χ3v) is 4.99. The summed E-state index contributed by atoms with van der Waals surface area (Å²) < 4.78 is 47.6. The lowest BCUT2D eigenvalue weighted by Crippen LogP contribution is -2.62. The number of hydrogen-bond donors (Lipinski definition) is 1. The van der Waals surface area contributed by atoms with E-state index in [1.165, 1.54) is 0 Å². The molecule has 82 valence electrons. The van der Waals surface area contributed by atoms with E-state index in [9.17, 15) is 17.2 Å². The summed E-state index contributed by atoms with van der Waals surface area (Å²) in [4.78, 5) is 0. The van der Waals surface area contributed by atoms with Crippen molar-refractivity contribution in [2.75, 3.05) is 11.5 Å². The van der Waals surface area contributed by atoms with Crippen molar-refractivity contribution in [2.24, 2.45) is 11.7 Å². The summed E-state index contributed by atoms with van der Waals surface area (Å²) in [6, 6.07) is 0. The number of halogens is 2. The molecular formula is C8H13F2NO2S. The molecule has 1 aliphatic heterocycles. The number of nitrogens with two attached hydrogens (primary N) is 1. The molecule has 0 aromatic rings. The van der Waals surface area contributed by atoms with Crippen molar-refractivity contribution < 1.29 is 17.2 Å². The highest BCUT2D eigenvalue weighted by atomic mass is 32.2. The van der Waals surface area contributed by atoms with Crippen molar-refractivity contribution in [2.45, 2.75) is 30.7 Å². The predicted octanol–water partition coefficient (Wildman–Crippen LogP) is 0.548. The van der Waals surface area contributed by atoms with Crippen molar-refractivity contribution >= 4 is 9.84 Å². The van der Waals surface area contributed by atoms with Crippen LogP contribution in [0.3, 0.4) is 0 Å². The van der Waals surface area contributed by atoms with Crippen LogP contribution >= 0.6 is 0 Å². The first-order valence-corrected chi connectivity index (χ1v) is 6.42. The van der Waals surface area contributed by atoms with Crippen molar-refractivity contribution in [3.05, 3.63) is 0 Å². The lowest BCUT2D eigenvalue weighted by molar-refractivity contribution is -0.136. The zero-order valence-electron chi connectivity index (χ0n) is 7.67. The van der Waals surface area contributed by atoms with Gasteiger partial charge in [0, 0.05) is 18.4 Å². The van der Waals surface area contributed by atoms with E-state index in [0.29, 0.717) is 6.42 Å². The van der Waals surface area contributed by atoms with E-state index in [-0.39, 0.29) is 30.3 Å². The molecule has 0 bridgehead atoms. The third-order valence-electron chi connectivity index (χ3n) is 3.22. The highest BCUT2D eigenvalue weighted by Gasteiger charge is 2.59. The molecule has 2 aliphatic rings. The lowest BCUT2D eigenvalue weighted by Gasteiger charge is -2.48. The maximum absolute atomic E-state index is 12.7. The zero-order valence-corrected chi connectivity index (χ0v) is 8.49. The van der Waals surface area contributed by atoms with Gasteiger partial charge in [-0.1, -0.05) is 0 Å². The SMILES string of the molecule is NC1(C2CCS(=O)(=O)C2)CC(F)(F)C1. The van der Waals surface area contributed by atoms with Crippen LogP contribution < -0.4 is 5.73 Å². The summed E-state index contributed by atoms with van der Waals surface area (Å²) in [5.74, 6) is -2.87. The maximum Gasteiger partial charge on any atom is 0.251 e. The van der Waals surface area contributed by atoms with Gasteiger partial charge in [0.1, 0.15) is 0 Å². The molecule has 1 saturated heterocycles. The molecule has 1 saturated carbocycles. The average Bonchev–Trinajstić information content (AvgIpc) is 2.26. The van der Waals surface area contributed by atoms with Crippen LogP contribution in [0, 0.1) is 5.92 Å². The van der Waals surface area contributed by atoms with Crippen LogP contribution in [0.15, 0.2) is 0 Å². The van der Waals surface area contributed by atoms with Gasteiger partial charge < -0.3 is 5.73 Å². The molecule has 1 heterocycles. The van der Waals surface area contributed by atoms with Crippen LogP contribution in [-0.2, 0) is 9.84 Å². The topological polar surface area (TPSA) is 60.2 Å². The molecule has 0 aromatic heterocycles. The molecule has 1 aliphatic carbocycles. The summed E-state index contributed by atoms with van der Waals surface area (Å²) >= 11 is 0. The van der Waals surface area contributed by atoms with Crippen molar-refractivity contribution in [1.82, 2.24) is 0 Å². The monoisotopic (exact) mass is 225 g/mol. The van der Waals surface area contributed by atoms with Gasteiger partial charge in [-0.2, -0.15) is 0 Å². The second-order valence-electron chi connectivity index (χ2n) is 4.54. The van der Waals surface area contributed by atoms with Crippen LogP contribution in [-0.4, -0.2) is 31.4 Å². The van der Waals surface area contributed by atoms with Gasteiger partial charge in [0.15, 0.2) is 9.84 Å². The van der Waals surface area contributed by atoms with Gasteiger partial charge in [-0.05, 0) is 12.3 Å². The fraction of sp³-hybridized carbons (Fsp3) is 1.00. The predicted molar refractivity (Wildman–Crippen MR) is 47.9 cm³/mol. The van der Waals surface area contributed by atoms with E-state index in [2.05, 4.69) is 0 Å². The molecule has 3 nitrogen and oxygen atoms in total.